The van der Waals surface area contributed by atoms with Crippen molar-refractivity contribution in [1.29, 1.82) is 0 Å². The third kappa shape index (κ3) is 8.58. The van der Waals surface area contributed by atoms with Crippen LogP contribution in [0.1, 0.15) is 0 Å². The van der Waals surface area contributed by atoms with Crippen LogP contribution < -0.4 is 0 Å². The second kappa shape index (κ2) is 8.58. The summed E-state index contributed by atoms with van der Waals surface area (Å²) in [5, 5.41) is 0. The molecule has 5 heteroatoms. The van der Waals surface area contributed by atoms with Crippen molar-refractivity contribution >= 4 is 25.3 Å². The van der Waals surface area contributed by atoms with Crippen molar-refractivity contribution in [2.45, 2.75) is 0 Å². The first-order chi connectivity index (χ1) is 4.41. The zero-order valence-corrected chi connectivity index (χ0v) is 6.74. The maximum absolute atomic E-state index is 4.77. The molecule has 0 heterocycles. The fraction of sp³-hybridized carbons (Fsp3) is 1.00. The zero-order chi connectivity index (χ0) is 6.95. The van der Waals surface area contributed by atoms with Crippen LogP contribution in [0.5, 0.6) is 0 Å². The normalized spacial score (nSPS) is 10.0. The van der Waals surface area contributed by atoms with Crippen molar-refractivity contribution in [3.8, 4) is 0 Å². The number of ether oxygens (including phenoxy) is 3. The van der Waals surface area contributed by atoms with Crippen LogP contribution in [0.25, 0.3) is 0 Å². The van der Waals surface area contributed by atoms with Crippen LogP contribution in [-0.4, -0.2) is 25.5 Å². The van der Waals surface area contributed by atoms with Gasteiger partial charge in [0.15, 0.2) is 13.6 Å². The lowest BCUT2D eigenvalue weighted by atomic mass is 11.3. The van der Waals surface area contributed by atoms with Crippen molar-refractivity contribution in [1.82, 2.24) is 0 Å². The Morgan fingerprint density at radius 2 is 1.22 bits per heavy atom. The number of rotatable bonds is 6. The van der Waals surface area contributed by atoms with E-state index in [0.717, 1.165) is 0 Å². The zero-order valence-electron chi connectivity index (χ0n) is 4.95. The predicted molar refractivity (Wildman–Crippen MR) is 40.7 cm³/mol. The van der Waals surface area contributed by atoms with Gasteiger partial charge < -0.3 is 14.2 Å². The molecule has 0 fully saturated rings. The average Bonchev–Trinajstić information content (AvgIpc) is 1.89. The fourth-order valence-corrected chi connectivity index (χ4v) is 0.375. The minimum Gasteiger partial charge on any atom is -0.345 e. The van der Waals surface area contributed by atoms with Crippen LogP contribution in [0, 0.1) is 0 Å². The summed E-state index contributed by atoms with van der Waals surface area (Å²) in [4.78, 5) is 0. The number of thiol groups is 2. The van der Waals surface area contributed by atoms with E-state index in [1.54, 1.807) is 0 Å². The third-order valence-corrected chi connectivity index (χ3v) is 0.881. The van der Waals surface area contributed by atoms with Gasteiger partial charge in [0.1, 0.15) is 0 Å². The standard InChI is InChI=1S/C4H10O3S2/c8-3-6-1-5-2-7-4-9/h8-9H,1-4H2. The van der Waals surface area contributed by atoms with Gasteiger partial charge in [-0.3, -0.25) is 0 Å². The van der Waals surface area contributed by atoms with E-state index in [1.807, 2.05) is 0 Å². The van der Waals surface area contributed by atoms with Gasteiger partial charge in [-0.2, -0.15) is 25.3 Å². The lowest BCUT2D eigenvalue weighted by Gasteiger charge is -2.01. The summed E-state index contributed by atoms with van der Waals surface area (Å²) in [5.41, 5.74) is 0. The molecule has 0 N–H and O–H groups in total. The molecule has 0 aliphatic carbocycles. The van der Waals surface area contributed by atoms with Gasteiger partial charge in [-0.05, 0) is 0 Å². The Balaban J connectivity index is 2.60. The Morgan fingerprint density at radius 3 is 1.56 bits per heavy atom. The highest BCUT2D eigenvalue weighted by molar-refractivity contribution is 7.80. The monoisotopic (exact) mass is 170 g/mol. The maximum Gasteiger partial charge on any atom is 0.150 e. The Morgan fingerprint density at radius 1 is 0.778 bits per heavy atom. The molecule has 0 rings (SSSR count). The molecule has 3 nitrogen and oxygen atoms in total. The molecule has 0 spiro atoms. The summed E-state index contributed by atoms with van der Waals surface area (Å²) in [6, 6.07) is 0. The fourth-order valence-electron chi connectivity index (χ4n) is 0.226. The molecule has 0 aromatic heterocycles. The molecular weight excluding hydrogens is 160 g/mol. The molecule has 0 radical (unpaired) electrons. The smallest absolute Gasteiger partial charge is 0.150 e. The molecule has 0 saturated heterocycles. The molecule has 0 amide bonds. The summed E-state index contributed by atoms with van der Waals surface area (Å²) in [6.07, 6.45) is 0. The van der Waals surface area contributed by atoms with E-state index in [-0.39, 0.29) is 13.6 Å². The van der Waals surface area contributed by atoms with E-state index < -0.39 is 0 Å². The van der Waals surface area contributed by atoms with Crippen LogP contribution in [0.2, 0.25) is 0 Å². The lowest BCUT2D eigenvalue weighted by molar-refractivity contribution is -0.113. The van der Waals surface area contributed by atoms with E-state index >= 15 is 0 Å². The predicted octanol–water partition coefficient (Wildman–Crippen LogP) is 0.726. The van der Waals surface area contributed by atoms with Gasteiger partial charge in [-0.15, -0.1) is 0 Å². The SMILES string of the molecule is SCOCOCOCS. The number of hydrogen-bond acceptors (Lipinski definition) is 5. The van der Waals surface area contributed by atoms with Crippen LogP contribution in [0.3, 0.4) is 0 Å². The maximum atomic E-state index is 4.77. The molecule has 0 unspecified atom stereocenters. The van der Waals surface area contributed by atoms with E-state index in [0.29, 0.717) is 11.9 Å². The van der Waals surface area contributed by atoms with Crippen molar-refractivity contribution in [2.75, 3.05) is 25.5 Å². The Labute approximate surface area is 65.5 Å². The molecule has 0 aliphatic heterocycles. The molecule has 56 valence electrons. The largest absolute Gasteiger partial charge is 0.345 e. The first-order valence-electron chi connectivity index (χ1n) is 2.36. The molecule has 0 aliphatic rings. The molecule has 0 bridgehead atoms. The third-order valence-electron chi connectivity index (χ3n) is 0.516. The van der Waals surface area contributed by atoms with Gasteiger partial charge in [0, 0.05) is 0 Å². The van der Waals surface area contributed by atoms with Gasteiger partial charge in [0.05, 0.1) is 11.9 Å². The Hall–Kier alpha value is 0.580. The lowest BCUT2D eigenvalue weighted by Crippen LogP contribution is -2.02. The molecule has 9 heavy (non-hydrogen) atoms. The van der Waals surface area contributed by atoms with Gasteiger partial charge in [-0.1, -0.05) is 0 Å². The summed E-state index contributed by atoms with van der Waals surface area (Å²) in [6.45, 7) is 0.439. The summed E-state index contributed by atoms with van der Waals surface area (Å²) >= 11 is 7.58. The van der Waals surface area contributed by atoms with Crippen LogP contribution in [0.15, 0.2) is 0 Å². The Kier molecular flexibility index (Phi) is 9.13. The topological polar surface area (TPSA) is 27.7 Å². The molecular formula is C4H10O3S2. The summed E-state index contributed by atoms with van der Waals surface area (Å²) in [7, 11) is 0. The highest BCUT2D eigenvalue weighted by Gasteiger charge is 1.83. The first kappa shape index (κ1) is 9.58. The highest BCUT2D eigenvalue weighted by Crippen LogP contribution is 1.83. The average molecular weight is 170 g/mol. The van der Waals surface area contributed by atoms with Gasteiger partial charge in [0.25, 0.3) is 0 Å². The molecule has 0 saturated carbocycles. The van der Waals surface area contributed by atoms with Crippen LogP contribution in [0.4, 0.5) is 0 Å². The van der Waals surface area contributed by atoms with E-state index in [2.05, 4.69) is 25.3 Å². The van der Waals surface area contributed by atoms with Crippen LogP contribution >= 0.6 is 25.3 Å². The van der Waals surface area contributed by atoms with Gasteiger partial charge in [-0.25, -0.2) is 0 Å². The van der Waals surface area contributed by atoms with Gasteiger partial charge in [0.2, 0.25) is 0 Å². The minimum absolute atomic E-state index is 0.220. The summed E-state index contributed by atoms with van der Waals surface area (Å²) in [5.74, 6) is 0.724. The van der Waals surface area contributed by atoms with Crippen molar-refractivity contribution in [3.05, 3.63) is 0 Å². The van der Waals surface area contributed by atoms with E-state index in [9.17, 15) is 0 Å². The van der Waals surface area contributed by atoms with Crippen molar-refractivity contribution < 1.29 is 14.2 Å². The minimum atomic E-state index is 0.220. The van der Waals surface area contributed by atoms with E-state index in [1.165, 1.54) is 0 Å². The highest BCUT2D eigenvalue weighted by atomic mass is 32.1. The molecule has 0 aromatic carbocycles. The molecule has 0 aromatic rings. The number of hydrogen-bond donors (Lipinski definition) is 2. The Bertz CT molecular complexity index is 47.1. The van der Waals surface area contributed by atoms with E-state index in [4.69, 9.17) is 14.2 Å². The second-order valence-corrected chi connectivity index (χ2v) is 1.62. The van der Waals surface area contributed by atoms with Crippen LogP contribution in [-0.2, 0) is 14.2 Å². The van der Waals surface area contributed by atoms with Gasteiger partial charge >= 0.3 is 0 Å². The first-order valence-corrected chi connectivity index (χ1v) is 3.63. The summed E-state index contributed by atoms with van der Waals surface area (Å²) < 4.78 is 14.2. The quantitative estimate of drug-likeness (QED) is 0.349. The van der Waals surface area contributed by atoms with Crippen molar-refractivity contribution in [3.63, 3.8) is 0 Å². The molecule has 0 atom stereocenters. The second-order valence-electron chi connectivity index (χ2n) is 1.11. The van der Waals surface area contributed by atoms with Crippen molar-refractivity contribution in [2.24, 2.45) is 0 Å².